The highest BCUT2D eigenvalue weighted by Crippen LogP contribution is 2.20. The van der Waals surface area contributed by atoms with Crippen molar-refractivity contribution in [1.82, 2.24) is 24.0 Å². The lowest BCUT2D eigenvalue weighted by atomic mass is 10.1. The van der Waals surface area contributed by atoms with Crippen molar-refractivity contribution in [2.24, 2.45) is 0 Å². The Labute approximate surface area is 148 Å². The van der Waals surface area contributed by atoms with E-state index in [-0.39, 0.29) is 0 Å². The first-order valence-corrected chi connectivity index (χ1v) is 9.15. The van der Waals surface area contributed by atoms with Crippen molar-refractivity contribution < 1.29 is 0 Å². The number of nitrogens with zero attached hydrogens (tertiary/aromatic N) is 5. The van der Waals surface area contributed by atoms with Gasteiger partial charge in [0, 0.05) is 36.7 Å². The first kappa shape index (κ1) is 16.1. The molecule has 0 N–H and O–H groups in total. The van der Waals surface area contributed by atoms with Gasteiger partial charge in [-0.2, -0.15) is 0 Å². The number of imidazole rings is 2. The van der Waals surface area contributed by atoms with Crippen LogP contribution in [0.1, 0.15) is 30.5 Å². The normalized spacial score (nSPS) is 15.6. The van der Waals surface area contributed by atoms with E-state index in [0.717, 1.165) is 24.6 Å². The third-order valence-electron chi connectivity index (χ3n) is 4.98. The molecule has 0 unspecified atom stereocenters. The third kappa shape index (κ3) is 3.51. The summed E-state index contributed by atoms with van der Waals surface area (Å²) in [6.45, 7) is 5.67. The molecule has 0 saturated carbocycles. The Morgan fingerprint density at radius 3 is 2.56 bits per heavy atom. The maximum absolute atomic E-state index is 4.69. The van der Waals surface area contributed by atoms with Crippen molar-refractivity contribution >= 4 is 0 Å². The lowest BCUT2D eigenvalue weighted by molar-refractivity contribution is 0.230. The van der Waals surface area contributed by atoms with Gasteiger partial charge in [-0.25, -0.2) is 9.97 Å². The van der Waals surface area contributed by atoms with E-state index < -0.39 is 0 Å². The van der Waals surface area contributed by atoms with E-state index >= 15 is 0 Å². The van der Waals surface area contributed by atoms with Crippen molar-refractivity contribution in [3.63, 3.8) is 0 Å². The van der Waals surface area contributed by atoms with Gasteiger partial charge in [0.1, 0.15) is 6.33 Å². The molecule has 0 radical (unpaired) electrons. The summed E-state index contributed by atoms with van der Waals surface area (Å²) < 4.78 is 4.23. The second-order valence-electron chi connectivity index (χ2n) is 6.84. The van der Waals surface area contributed by atoms with Crippen LogP contribution in [0.15, 0.2) is 49.2 Å². The van der Waals surface area contributed by atoms with Gasteiger partial charge in [0.05, 0.1) is 6.20 Å². The summed E-state index contributed by atoms with van der Waals surface area (Å²) in [4.78, 5) is 11.4. The highest BCUT2D eigenvalue weighted by Gasteiger charge is 2.16. The molecule has 25 heavy (non-hydrogen) atoms. The smallest absolute Gasteiger partial charge is 0.219 e. The molecule has 3 aromatic rings. The fraction of sp³-hybridized carbons (Fsp3) is 0.400. The van der Waals surface area contributed by atoms with E-state index in [0.29, 0.717) is 0 Å². The predicted octanol–water partition coefficient (Wildman–Crippen LogP) is 3.39. The van der Waals surface area contributed by atoms with Crippen molar-refractivity contribution in [3.8, 4) is 11.6 Å². The quantitative estimate of drug-likeness (QED) is 0.717. The summed E-state index contributed by atoms with van der Waals surface area (Å²) in [6.07, 6.45) is 12.6. The molecule has 0 aliphatic carbocycles. The Hall–Kier alpha value is -2.40. The fourth-order valence-electron chi connectivity index (χ4n) is 3.54. The maximum Gasteiger partial charge on any atom is 0.219 e. The van der Waals surface area contributed by atoms with Crippen LogP contribution >= 0.6 is 0 Å². The van der Waals surface area contributed by atoms with Gasteiger partial charge in [-0.05, 0) is 45.0 Å². The first-order chi connectivity index (χ1) is 12.3. The molecule has 0 atom stereocenters. The highest BCUT2D eigenvalue weighted by molar-refractivity contribution is 5.41. The summed E-state index contributed by atoms with van der Waals surface area (Å²) in [6, 6.07) is 8.65. The second kappa shape index (κ2) is 7.23. The molecular weight excluding hydrogens is 310 g/mol. The highest BCUT2D eigenvalue weighted by atomic mass is 15.3. The van der Waals surface area contributed by atoms with Crippen molar-refractivity contribution in [3.05, 3.63) is 60.4 Å². The van der Waals surface area contributed by atoms with E-state index in [1.807, 2.05) is 17.0 Å². The second-order valence-corrected chi connectivity index (χ2v) is 6.84. The van der Waals surface area contributed by atoms with Gasteiger partial charge in [0.15, 0.2) is 0 Å². The number of rotatable bonds is 5. The third-order valence-corrected chi connectivity index (χ3v) is 4.98. The molecule has 3 heterocycles. The van der Waals surface area contributed by atoms with Crippen LogP contribution in [0.3, 0.4) is 0 Å². The zero-order chi connectivity index (χ0) is 17.1. The molecule has 1 aliphatic rings. The maximum atomic E-state index is 4.69. The number of hydrogen-bond acceptors (Lipinski definition) is 3. The first-order valence-electron chi connectivity index (χ1n) is 9.15. The Morgan fingerprint density at radius 1 is 1.04 bits per heavy atom. The molecule has 1 aromatic carbocycles. The Bertz CT molecular complexity index is 795. The van der Waals surface area contributed by atoms with Crippen LogP contribution in [0.2, 0.25) is 0 Å². The Kier molecular flexibility index (Phi) is 4.65. The van der Waals surface area contributed by atoms with E-state index in [4.69, 9.17) is 0 Å². The standard InChI is InChI=1S/C20H25N5/c1-17-5-7-18(8-6-17)25-19(9-13-23-11-3-2-4-12-23)15-22-20(25)24-14-10-21-16-24/h5-8,10,14-16H,2-4,9,11-13H2,1H3. The van der Waals surface area contributed by atoms with Gasteiger partial charge < -0.3 is 4.90 Å². The number of hydrogen-bond donors (Lipinski definition) is 0. The lowest BCUT2D eigenvalue weighted by Gasteiger charge is -2.26. The Balaban J connectivity index is 1.65. The molecule has 5 heteroatoms. The summed E-state index contributed by atoms with van der Waals surface area (Å²) in [5, 5.41) is 0. The van der Waals surface area contributed by atoms with E-state index in [1.165, 1.54) is 43.6 Å². The van der Waals surface area contributed by atoms with E-state index in [1.54, 1.807) is 12.5 Å². The molecule has 130 valence electrons. The molecule has 1 aliphatic heterocycles. The van der Waals surface area contributed by atoms with E-state index in [9.17, 15) is 0 Å². The fourth-order valence-corrected chi connectivity index (χ4v) is 3.54. The minimum atomic E-state index is 0.898. The molecule has 0 bridgehead atoms. The molecule has 5 nitrogen and oxygen atoms in total. The summed E-state index contributed by atoms with van der Waals surface area (Å²) in [5.41, 5.74) is 3.67. The number of piperidine rings is 1. The molecule has 2 aromatic heterocycles. The van der Waals surface area contributed by atoms with Crippen LogP contribution in [0, 0.1) is 6.92 Å². The number of aromatic nitrogens is 4. The van der Waals surface area contributed by atoms with Gasteiger partial charge in [-0.15, -0.1) is 0 Å². The van der Waals surface area contributed by atoms with Crippen LogP contribution in [0.25, 0.3) is 11.6 Å². The average molecular weight is 335 g/mol. The van der Waals surface area contributed by atoms with Gasteiger partial charge in [0.25, 0.3) is 0 Å². The molecule has 4 rings (SSSR count). The van der Waals surface area contributed by atoms with E-state index in [2.05, 4.69) is 50.6 Å². The monoisotopic (exact) mass is 335 g/mol. The number of benzene rings is 1. The zero-order valence-electron chi connectivity index (χ0n) is 14.8. The summed E-state index contributed by atoms with van der Waals surface area (Å²) >= 11 is 0. The minimum Gasteiger partial charge on any atom is -0.303 e. The Morgan fingerprint density at radius 2 is 1.84 bits per heavy atom. The SMILES string of the molecule is Cc1ccc(-n2c(CCN3CCCCC3)cnc2-n2ccnc2)cc1. The molecule has 0 spiro atoms. The lowest BCUT2D eigenvalue weighted by Crippen LogP contribution is -2.31. The minimum absolute atomic E-state index is 0.898. The molecule has 1 fully saturated rings. The number of aryl methyl sites for hydroxylation is 1. The largest absolute Gasteiger partial charge is 0.303 e. The van der Waals surface area contributed by atoms with Gasteiger partial charge in [-0.3, -0.25) is 9.13 Å². The van der Waals surface area contributed by atoms with Gasteiger partial charge in [0.2, 0.25) is 5.95 Å². The van der Waals surface area contributed by atoms with Crippen LogP contribution < -0.4 is 0 Å². The van der Waals surface area contributed by atoms with Crippen LogP contribution in [0.5, 0.6) is 0 Å². The van der Waals surface area contributed by atoms with Crippen LogP contribution in [0.4, 0.5) is 0 Å². The summed E-state index contributed by atoms with van der Waals surface area (Å²) in [7, 11) is 0. The number of likely N-dealkylation sites (tertiary alicyclic amines) is 1. The van der Waals surface area contributed by atoms with Gasteiger partial charge >= 0.3 is 0 Å². The van der Waals surface area contributed by atoms with Crippen LogP contribution in [-0.2, 0) is 6.42 Å². The van der Waals surface area contributed by atoms with Crippen LogP contribution in [-0.4, -0.2) is 43.6 Å². The average Bonchev–Trinajstić information content (AvgIpc) is 3.31. The van der Waals surface area contributed by atoms with Crippen molar-refractivity contribution in [2.45, 2.75) is 32.6 Å². The topological polar surface area (TPSA) is 38.9 Å². The zero-order valence-corrected chi connectivity index (χ0v) is 14.8. The van der Waals surface area contributed by atoms with Crippen molar-refractivity contribution in [2.75, 3.05) is 19.6 Å². The molecular formula is C20H25N5. The predicted molar refractivity (Wildman–Crippen MR) is 99.4 cm³/mol. The van der Waals surface area contributed by atoms with Crippen molar-refractivity contribution in [1.29, 1.82) is 0 Å². The summed E-state index contributed by atoms with van der Waals surface area (Å²) in [5.74, 6) is 0.898. The van der Waals surface area contributed by atoms with Gasteiger partial charge in [-0.1, -0.05) is 24.1 Å². The molecule has 1 saturated heterocycles. The molecule has 0 amide bonds.